The lowest BCUT2D eigenvalue weighted by Gasteiger charge is -2.11. The SMILES string of the molecule is CCCNc1cc(C)ncc1C(=O)NCc1ccc(C)o1. The summed E-state index contributed by atoms with van der Waals surface area (Å²) in [5.74, 6) is 1.42. The third-order valence-electron chi connectivity index (χ3n) is 3.07. The monoisotopic (exact) mass is 287 g/mol. The van der Waals surface area contributed by atoms with Gasteiger partial charge in [-0.15, -0.1) is 0 Å². The molecule has 0 aliphatic rings. The van der Waals surface area contributed by atoms with Crippen molar-refractivity contribution in [2.75, 3.05) is 11.9 Å². The molecule has 0 unspecified atom stereocenters. The molecule has 0 spiro atoms. The van der Waals surface area contributed by atoms with E-state index in [1.165, 1.54) is 0 Å². The van der Waals surface area contributed by atoms with E-state index in [4.69, 9.17) is 4.42 Å². The fourth-order valence-electron chi connectivity index (χ4n) is 1.99. The minimum Gasteiger partial charge on any atom is -0.465 e. The molecule has 0 aliphatic carbocycles. The maximum absolute atomic E-state index is 12.3. The Morgan fingerprint density at radius 2 is 2.14 bits per heavy atom. The zero-order chi connectivity index (χ0) is 15.2. The van der Waals surface area contributed by atoms with Gasteiger partial charge in [-0.05, 0) is 38.5 Å². The Morgan fingerprint density at radius 3 is 2.81 bits per heavy atom. The first-order chi connectivity index (χ1) is 10.1. The molecule has 0 aliphatic heterocycles. The molecular weight excluding hydrogens is 266 g/mol. The van der Waals surface area contributed by atoms with E-state index in [0.29, 0.717) is 12.1 Å². The molecule has 0 radical (unpaired) electrons. The molecule has 112 valence electrons. The van der Waals surface area contributed by atoms with E-state index < -0.39 is 0 Å². The Labute approximate surface area is 124 Å². The van der Waals surface area contributed by atoms with Gasteiger partial charge in [-0.25, -0.2) is 0 Å². The molecule has 0 bridgehead atoms. The third kappa shape index (κ3) is 4.08. The summed E-state index contributed by atoms with van der Waals surface area (Å²) in [5, 5.41) is 6.11. The number of hydrogen-bond donors (Lipinski definition) is 2. The molecule has 21 heavy (non-hydrogen) atoms. The topological polar surface area (TPSA) is 67.2 Å². The highest BCUT2D eigenvalue weighted by molar-refractivity contribution is 5.99. The van der Waals surface area contributed by atoms with Crippen molar-refractivity contribution in [1.29, 1.82) is 0 Å². The maximum Gasteiger partial charge on any atom is 0.255 e. The lowest BCUT2D eigenvalue weighted by molar-refractivity contribution is 0.0948. The summed E-state index contributed by atoms with van der Waals surface area (Å²) in [6.45, 7) is 7.06. The second-order valence-corrected chi connectivity index (χ2v) is 4.99. The van der Waals surface area contributed by atoms with Gasteiger partial charge in [0.05, 0.1) is 17.8 Å². The van der Waals surface area contributed by atoms with Crippen molar-refractivity contribution in [1.82, 2.24) is 10.3 Å². The van der Waals surface area contributed by atoms with Crippen molar-refractivity contribution in [3.63, 3.8) is 0 Å². The summed E-state index contributed by atoms with van der Waals surface area (Å²) >= 11 is 0. The molecule has 0 atom stereocenters. The molecule has 5 nitrogen and oxygen atoms in total. The molecular formula is C16H21N3O2. The summed E-state index contributed by atoms with van der Waals surface area (Å²) in [7, 11) is 0. The van der Waals surface area contributed by atoms with E-state index in [1.54, 1.807) is 6.20 Å². The predicted octanol–water partition coefficient (Wildman–Crippen LogP) is 3.04. The van der Waals surface area contributed by atoms with Crippen LogP contribution in [0.5, 0.6) is 0 Å². The Balaban J connectivity index is 2.07. The van der Waals surface area contributed by atoms with E-state index in [9.17, 15) is 4.79 Å². The average molecular weight is 287 g/mol. The van der Waals surface area contributed by atoms with Crippen LogP contribution in [-0.4, -0.2) is 17.4 Å². The molecule has 0 saturated carbocycles. The number of furan rings is 1. The van der Waals surface area contributed by atoms with Crippen LogP contribution in [-0.2, 0) is 6.54 Å². The Kier molecular flexibility index (Phi) is 4.98. The number of hydrogen-bond acceptors (Lipinski definition) is 4. The van der Waals surface area contributed by atoms with Crippen molar-refractivity contribution in [2.24, 2.45) is 0 Å². The first-order valence-electron chi connectivity index (χ1n) is 7.14. The van der Waals surface area contributed by atoms with Crippen molar-refractivity contribution in [2.45, 2.75) is 33.7 Å². The predicted molar refractivity (Wildman–Crippen MR) is 82.4 cm³/mol. The van der Waals surface area contributed by atoms with E-state index in [-0.39, 0.29) is 5.91 Å². The number of anilines is 1. The second-order valence-electron chi connectivity index (χ2n) is 4.99. The van der Waals surface area contributed by atoms with Crippen LogP contribution in [0.4, 0.5) is 5.69 Å². The Hall–Kier alpha value is -2.30. The van der Waals surface area contributed by atoms with Crippen LogP contribution in [0.1, 0.15) is 40.9 Å². The zero-order valence-corrected chi connectivity index (χ0v) is 12.7. The molecule has 1 amide bonds. The largest absolute Gasteiger partial charge is 0.465 e. The fourth-order valence-corrected chi connectivity index (χ4v) is 1.99. The molecule has 2 N–H and O–H groups in total. The number of aryl methyl sites for hydroxylation is 2. The van der Waals surface area contributed by atoms with E-state index in [0.717, 1.165) is 35.9 Å². The highest BCUT2D eigenvalue weighted by Gasteiger charge is 2.12. The summed E-state index contributed by atoms with van der Waals surface area (Å²) in [6, 6.07) is 5.63. The van der Waals surface area contributed by atoms with Crippen LogP contribution in [0.2, 0.25) is 0 Å². The van der Waals surface area contributed by atoms with Crippen molar-refractivity contribution in [3.8, 4) is 0 Å². The zero-order valence-electron chi connectivity index (χ0n) is 12.7. The lowest BCUT2D eigenvalue weighted by atomic mass is 10.2. The van der Waals surface area contributed by atoms with E-state index >= 15 is 0 Å². The highest BCUT2D eigenvalue weighted by Crippen LogP contribution is 2.16. The van der Waals surface area contributed by atoms with Gasteiger partial charge in [0.15, 0.2) is 0 Å². The van der Waals surface area contributed by atoms with Crippen molar-refractivity contribution >= 4 is 11.6 Å². The first-order valence-corrected chi connectivity index (χ1v) is 7.14. The number of rotatable bonds is 6. The van der Waals surface area contributed by atoms with Crippen molar-refractivity contribution < 1.29 is 9.21 Å². The molecule has 2 rings (SSSR count). The summed E-state index contributed by atoms with van der Waals surface area (Å²) in [5.41, 5.74) is 2.25. The van der Waals surface area contributed by atoms with Gasteiger partial charge in [0, 0.05) is 18.4 Å². The van der Waals surface area contributed by atoms with Gasteiger partial charge in [0.2, 0.25) is 0 Å². The highest BCUT2D eigenvalue weighted by atomic mass is 16.3. The standard InChI is InChI=1S/C16H21N3O2/c1-4-7-17-15-8-11(2)18-10-14(15)16(20)19-9-13-6-5-12(3)21-13/h5-6,8,10H,4,7,9H2,1-3H3,(H,17,18)(H,19,20). The number of pyridine rings is 1. The Bertz CT molecular complexity index is 620. The summed E-state index contributed by atoms with van der Waals surface area (Å²) in [4.78, 5) is 16.5. The fraction of sp³-hybridized carbons (Fsp3) is 0.375. The van der Waals surface area contributed by atoms with Gasteiger partial charge >= 0.3 is 0 Å². The molecule has 2 heterocycles. The van der Waals surface area contributed by atoms with Gasteiger partial charge < -0.3 is 15.1 Å². The lowest BCUT2D eigenvalue weighted by Crippen LogP contribution is -2.24. The second kappa shape index (κ2) is 6.92. The summed E-state index contributed by atoms with van der Waals surface area (Å²) < 4.78 is 5.44. The van der Waals surface area contributed by atoms with Crippen LogP contribution in [0.25, 0.3) is 0 Å². The number of aromatic nitrogens is 1. The number of carbonyl (C=O) groups excluding carboxylic acids is 1. The summed E-state index contributed by atoms with van der Waals surface area (Å²) in [6.07, 6.45) is 2.60. The van der Waals surface area contributed by atoms with Crippen LogP contribution < -0.4 is 10.6 Å². The van der Waals surface area contributed by atoms with Gasteiger partial charge in [0.1, 0.15) is 11.5 Å². The van der Waals surface area contributed by atoms with Crippen LogP contribution in [0.3, 0.4) is 0 Å². The minimum absolute atomic E-state index is 0.157. The minimum atomic E-state index is -0.157. The number of nitrogens with zero attached hydrogens (tertiary/aromatic N) is 1. The average Bonchev–Trinajstić information content (AvgIpc) is 2.88. The normalized spacial score (nSPS) is 10.4. The van der Waals surface area contributed by atoms with Gasteiger partial charge in [-0.1, -0.05) is 6.92 Å². The van der Waals surface area contributed by atoms with Crippen LogP contribution in [0.15, 0.2) is 28.8 Å². The van der Waals surface area contributed by atoms with E-state index in [1.807, 2.05) is 32.0 Å². The van der Waals surface area contributed by atoms with Gasteiger partial charge in [-0.2, -0.15) is 0 Å². The van der Waals surface area contributed by atoms with Crippen LogP contribution in [0, 0.1) is 13.8 Å². The molecule has 5 heteroatoms. The molecule has 0 aromatic carbocycles. The maximum atomic E-state index is 12.3. The van der Waals surface area contributed by atoms with Gasteiger partial charge in [0.25, 0.3) is 5.91 Å². The van der Waals surface area contributed by atoms with Crippen molar-refractivity contribution in [3.05, 3.63) is 47.2 Å². The first kappa shape index (κ1) is 15.1. The number of carbonyl (C=O) groups is 1. The molecule has 2 aromatic rings. The number of amides is 1. The quantitative estimate of drug-likeness (QED) is 0.857. The molecule has 2 aromatic heterocycles. The third-order valence-corrected chi connectivity index (χ3v) is 3.07. The molecule has 0 saturated heterocycles. The molecule has 0 fully saturated rings. The van der Waals surface area contributed by atoms with E-state index in [2.05, 4.69) is 22.5 Å². The van der Waals surface area contributed by atoms with Crippen LogP contribution >= 0.6 is 0 Å². The van der Waals surface area contributed by atoms with Gasteiger partial charge in [-0.3, -0.25) is 9.78 Å². The smallest absolute Gasteiger partial charge is 0.255 e. The number of nitrogens with one attached hydrogen (secondary N) is 2. The Morgan fingerprint density at radius 1 is 1.33 bits per heavy atom.